The molecule has 152 valence electrons. The van der Waals surface area contributed by atoms with Gasteiger partial charge in [0.25, 0.3) is 10.0 Å². The third-order valence-corrected chi connectivity index (χ3v) is 7.00. The lowest BCUT2D eigenvalue weighted by molar-refractivity contribution is 0.309. The Kier molecular flexibility index (Phi) is 5.82. The molecule has 0 aliphatic carbocycles. The maximum atomic E-state index is 12.7. The molecule has 1 aliphatic heterocycles. The molecule has 8 heteroatoms. The maximum Gasteiger partial charge on any atom is 0.261 e. The van der Waals surface area contributed by atoms with Gasteiger partial charge >= 0.3 is 0 Å². The van der Waals surface area contributed by atoms with Gasteiger partial charge in [-0.1, -0.05) is 37.2 Å². The molecule has 6 nitrogen and oxygen atoms in total. The average Bonchev–Trinajstić information content (AvgIpc) is 3.31. The van der Waals surface area contributed by atoms with E-state index in [2.05, 4.69) is 21.2 Å². The molecule has 2 aromatic carbocycles. The Morgan fingerprint density at radius 3 is 2.59 bits per heavy atom. The number of benzene rings is 2. The molecule has 0 saturated carbocycles. The summed E-state index contributed by atoms with van der Waals surface area (Å²) in [5.74, 6) is 1.74. The van der Waals surface area contributed by atoms with Gasteiger partial charge in [-0.2, -0.15) is 0 Å². The predicted octanol–water partition coefficient (Wildman–Crippen LogP) is 4.64. The molecule has 0 radical (unpaired) electrons. The number of hydrogen-bond donors (Lipinski definition) is 1. The number of imidazole rings is 1. The number of aryl methyl sites for hydroxylation is 1. The zero-order chi connectivity index (χ0) is 20.3. The summed E-state index contributed by atoms with van der Waals surface area (Å²) in [5, 5.41) is 1.03. The maximum absolute atomic E-state index is 12.7. The van der Waals surface area contributed by atoms with Crippen LogP contribution >= 0.6 is 11.8 Å². The van der Waals surface area contributed by atoms with Crippen molar-refractivity contribution in [2.24, 2.45) is 0 Å². The number of unbranched alkanes of at least 4 members (excludes halogenated alkanes) is 1. The first-order valence-electron chi connectivity index (χ1n) is 9.61. The minimum Gasteiger partial charge on any atom is -0.494 e. The Bertz CT molecular complexity index is 1050. The fourth-order valence-electron chi connectivity index (χ4n) is 3.02. The van der Waals surface area contributed by atoms with Gasteiger partial charge in [-0.15, -0.1) is 0 Å². The van der Waals surface area contributed by atoms with Crippen molar-refractivity contribution in [2.75, 3.05) is 17.1 Å². The van der Waals surface area contributed by atoms with E-state index < -0.39 is 10.0 Å². The quantitative estimate of drug-likeness (QED) is 0.528. The van der Waals surface area contributed by atoms with Crippen LogP contribution in [0.4, 0.5) is 5.69 Å². The fraction of sp³-hybridized carbons (Fsp3) is 0.286. The minimum atomic E-state index is -3.66. The Hall–Kier alpha value is -2.45. The Morgan fingerprint density at radius 2 is 1.90 bits per heavy atom. The number of thioether (sulfide) groups is 1. The van der Waals surface area contributed by atoms with Gasteiger partial charge in [0.2, 0.25) is 0 Å². The average molecular weight is 430 g/mol. The highest BCUT2D eigenvalue weighted by molar-refractivity contribution is 7.99. The van der Waals surface area contributed by atoms with Crippen molar-refractivity contribution < 1.29 is 13.2 Å². The van der Waals surface area contributed by atoms with Crippen LogP contribution in [0.5, 0.6) is 5.75 Å². The van der Waals surface area contributed by atoms with Crippen LogP contribution in [0, 0.1) is 0 Å². The van der Waals surface area contributed by atoms with Gasteiger partial charge in [0.05, 0.1) is 17.2 Å². The number of fused-ring (bicyclic) bond motifs is 1. The summed E-state index contributed by atoms with van der Waals surface area (Å²) in [6.07, 6.45) is 4.06. The Balaban J connectivity index is 1.43. The topological polar surface area (TPSA) is 73.2 Å². The summed E-state index contributed by atoms with van der Waals surface area (Å²) in [6.45, 7) is 3.71. The van der Waals surface area contributed by atoms with Crippen LogP contribution in [0.25, 0.3) is 11.3 Å². The molecule has 4 rings (SSSR count). The number of aromatic nitrogens is 2. The summed E-state index contributed by atoms with van der Waals surface area (Å²) in [5.41, 5.74) is 2.38. The molecule has 0 unspecified atom stereocenters. The van der Waals surface area contributed by atoms with Gasteiger partial charge in [-0.25, -0.2) is 13.4 Å². The molecule has 1 N–H and O–H groups in total. The van der Waals surface area contributed by atoms with Crippen LogP contribution in [0.15, 0.2) is 64.8 Å². The number of rotatable bonds is 8. The van der Waals surface area contributed by atoms with Crippen molar-refractivity contribution in [3.8, 4) is 17.0 Å². The van der Waals surface area contributed by atoms with Crippen molar-refractivity contribution >= 4 is 27.5 Å². The summed E-state index contributed by atoms with van der Waals surface area (Å²) in [4.78, 5) is 4.82. The van der Waals surface area contributed by atoms with E-state index in [1.807, 2.05) is 18.3 Å². The second-order valence-corrected chi connectivity index (χ2v) is 9.55. The van der Waals surface area contributed by atoms with Crippen molar-refractivity contribution in [3.05, 3.63) is 54.7 Å². The second-order valence-electron chi connectivity index (χ2n) is 6.81. The van der Waals surface area contributed by atoms with Crippen molar-refractivity contribution in [2.45, 2.75) is 36.4 Å². The molecule has 1 aromatic heterocycles. The standard InChI is InChI=1S/C21H23N3O3S2/c1-2-3-13-27-18-8-10-19(11-9-18)29(25,26)23-17-6-4-16(5-7-17)20-15-24-12-14-28-21(24)22-20/h4-11,15,23H,2-3,12-14H2,1H3. The van der Waals surface area contributed by atoms with Gasteiger partial charge in [-0.3, -0.25) is 4.72 Å². The number of ether oxygens (including phenoxy) is 1. The molecule has 0 spiro atoms. The van der Waals surface area contributed by atoms with Crippen molar-refractivity contribution in [3.63, 3.8) is 0 Å². The van der Waals surface area contributed by atoms with Crippen molar-refractivity contribution in [1.82, 2.24) is 9.55 Å². The lowest BCUT2D eigenvalue weighted by Gasteiger charge is -2.10. The van der Waals surface area contributed by atoms with Crippen LogP contribution in [0.3, 0.4) is 0 Å². The van der Waals surface area contributed by atoms with E-state index >= 15 is 0 Å². The minimum absolute atomic E-state index is 0.201. The zero-order valence-corrected chi connectivity index (χ0v) is 17.8. The molecule has 0 bridgehead atoms. The first-order valence-corrected chi connectivity index (χ1v) is 12.1. The van der Waals surface area contributed by atoms with Crippen LogP contribution < -0.4 is 9.46 Å². The van der Waals surface area contributed by atoms with E-state index in [1.54, 1.807) is 48.2 Å². The zero-order valence-electron chi connectivity index (χ0n) is 16.2. The lowest BCUT2D eigenvalue weighted by atomic mass is 10.1. The molecule has 0 amide bonds. The summed E-state index contributed by atoms with van der Waals surface area (Å²) >= 11 is 1.75. The van der Waals surface area contributed by atoms with E-state index in [0.29, 0.717) is 18.0 Å². The number of nitrogens with one attached hydrogen (secondary N) is 1. The summed E-state index contributed by atoms with van der Waals surface area (Å²) in [6, 6.07) is 13.8. The van der Waals surface area contributed by atoms with E-state index in [4.69, 9.17) is 4.74 Å². The van der Waals surface area contributed by atoms with E-state index in [0.717, 1.165) is 41.6 Å². The van der Waals surface area contributed by atoms with E-state index in [-0.39, 0.29) is 4.90 Å². The van der Waals surface area contributed by atoms with Gasteiger partial charge in [0.1, 0.15) is 5.75 Å². The van der Waals surface area contributed by atoms with Gasteiger partial charge in [-0.05, 0) is 42.8 Å². The largest absolute Gasteiger partial charge is 0.494 e. The highest BCUT2D eigenvalue weighted by atomic mass is 32.2. The first-order chi connectivity index (χ1) is 14.0. The van der Waals surface area contributed by atoms with E-state index in [9.17, 15) is 8.42 Å². The molecular weight excluding hydrogens is 406 g/mol. The molecule has 29 heavy (non-hydrogen) atoms. The fourth-order valence-corrected chi connectivity index (χ4v) is 5.02. The smallest absolute Gasteiger partial charge is 0.261 e. The third-order valence-electron chi connectivity index (χ3n) is 4.64. The molecule has 0 fully saturated rings. The monoisotopic (exact) mass is 429 g/mol. The highest BCUT2D eigenvalue weighted by Crippen LogP contribution is 2.29. The molecule has 0 atom stereocenters. The highest BCUT2D eigenvalue weighted by Gasteiger charge is 2.17. The summed E-state index contributed by atoms with van der Waals surface area (Å²) in [7, 11) is -3.66. The normalized spacial score (nSPS) is 13.3. The molecule has 1 aliphatic rings. The van der Waals surface area contributed by atoms with Crippen LogP contribution in [-0.2, 0) is 16.6 Å². The Morgan fingerprint density at radius 1 is 1.14 bits per heavy atom. The number of anilines is 1. The van der Waals surface area contributed by atoms with Gasteiger partial charge in [0.15, 0.2) is 5.16 Å². The van der Waals surface area contributed by atoms with Crippen molar-refractivity contribution in [1.29, 1.82) is 0 Å². The first kappa shape index (κ1) is 19.8. The van der Waals surface area contributed by atoms with E-state index in [1.165, 1.54) is 0 Å². The summed E-state index contributed by atoms with van der Waals surface area (Å²) < 4.78 is 35.7. The third kappa shape index (κ3) is 4.59. The predicted molar refractivity (Wildman–Crippen MR) is 116 cm³/mol. The second kappa shape index (κ2) is 8.51. The van der Waals surface area contributed by atoms with Crippen LogP contribution in [0.2, 0.25) is 0 Å². The van der Waals surface area contributed by atoms with Crippen LogP contribution in [0.1, 0.15) is 19.8 Å². The molecule has 0 saturated heterocycles. The molecule has 3 aromatic rings. The lowest BCUT2D eigenvalue weighted by Crippen LogP contribution is -2.12. The SMILES string of the molecule is CCCCOc1ccc(S(=O)(=O)Nc2ccc(-c3cn4c(n3)SCC4)cc2)cc1. The number of nitrogens with zero attached hydrogens (tertiary/aromatic N) is 2. The number of sulfonamides is 1. The van der Waals surface area contributed by atoms with Gasteiger partial charge in [0, 0.05) is 29.7 Å². The van der Waals surface area contributed by atoms with Gasteiger partial charge < -0.3 is 9.30 Å². The van der Waals surface area contributed by atoms with Crippen LogP contribution in [-0.4, -0.2) is 30.3 Å². The molecular formula is C21H23N3O3S2. The Labute approximate surface area is 175 Å². The number of hydrogen-bond acceptors (Lipinski definition) is 5. The molecule has 2 heterocycles.